The third kappa shape index (κ3) is 66.2. The molecule has 0 bridgehead atoms. The third-order valence-corrected chi connectivity index (χ3v) is 18.3. The first-order chi connectivity index (χ1) is 44.7. The number of aliphatic hydroxyl groups excluding tert-OH is 1. The van der Waals surface area contributed by atoms with Gasteiger partial charge in [-0.2, -0.15) is 0 Å². The molecule has 0 radical (unpaired) electrons. The van der Waals surface area contributed by atoms with Crippen molar-refractivity contribution in [2.45, 2.75) is 380 Å². The van der Waals surface area contributed by atoms with Crippen LogP contribution in [0, 0.1) is 0 Å². The second kappa shape index (κ2) is 67.1. The first kappa shape index (κ1) is 89.5. The van der Waals surface area contributed by atoms with Crippen molar-refractivity contribution < 1.29 is 80.2 Å². The number of hydrogen-bond donors (Lipinski definition) is 3. The number of unbranched alkanes of at least 4 members (excludes halogenated alkanes) is 42. The van der Waals surface area contributed by atoms with Gasteiger partial charge in [0.05, 0.1) is 26.4 Å². The van der Waals surface area contributed by atoms with Gasteiger partial charge in [0.1, 0.15) is 19.3 Å². The molecule has 0 aliphatic rings. The number of allylic oxidation sites excluding steroid dienone is 4. The van der Waals surface area contributed by atoms with Crippen molar-refractivity contribution in [3.05, 3.63) is 24.3 Å². The van der Waals surface area contributed by atoms with Crippen molar-refractivity contribution in [2.75, 3.05) is 39.6 Å². The Morgan fingerprint density at radius 3 is 0.750 bits per heavy atom. The minimum absolute atomic E-state index is 0.102. The van der Waals surface area contributed by atoms with Crippen LogP contribution in [0.15, 0.2) is 24.3 Å². The van der Waals surface area contributed by atoms with E-state index in [0.29, 0.717) is 25.7 Å². The molecule has 0 aliphatic carbocycles. The van der Waals surface area contributed by atoms with Gasteiger partial charge in [-0.3, -0.25) is 37.3 Å². The van der Waals surface area contributed by atoms with Crippen molar-refractivity contribution >= 4 is 39.5 Å². The van der Waals surface area contributed by atoms with Crippen LogP contribution in [0.5, 0.6) is 0 Å². The van der Waals surface area contributed by atoms with E-state index in [9.17, 15) is 43.2 Å². The number of carbonyl (C=O) groups excluding carboxylic acids is 4. The smallest absolute Gasteiger partial charge is 0.462 e. The Labute approximate surface area is 561 Å². The van der Waals surface area contributed by atoms with Crippen molar-refractivity contribution in [2.24, 2.45) is 0 Å². The van der Waals surface area contributed by atoms with E-state index in [2.05, 4.69) is 52.0 Å². The van der Waals surface area contributed by atoms with E-state index in [4.69, 9.17) is 37.0 Å². The minimum Gasteiger partial charge on any atom is -0.462 e. The highest BCUT2D eigenvalue weighted by Gasteiger charge is 2.30. The van der Waals surface area contributed by atoms with Gasteiger partial charge in [0.15, 0.2) is 12.2 Å². The summed E-state index contributed by atoms with van der Waals surface area (Å²) in [6.45, 7) is 4.90. The maximum absolute atomic E-state index is 13.0. The minimum atomic E-state index is -4.96. The maximum atomic E-state index is 13.0. The highest BCUT2D eigenvalue weighted by Crippen LogP contribution is 2.45. The molecule has 4 atom stereocenters. The Morgan fingerprint density at radius 1 is 0.293 bits per heavy atom. The van der Waals surface area contributed by atoms with Crippen LogP contribution >= 0.6 is 15.6 Å². The van der Waals surface area contributed by atoms with Crippen molar-refractivity contribution in [3.8, 4) is 0 Å². The molecule has 92 heavy (non-hydrogen) atoms. The van der Waals surface area contributed by atoms with Crippen LogP contribution in [0.2, 0.25) is 0 Å². The summed E-state index contributed by atoms with van der Waals surface area (Å²) >= 11 is 0. The molecule has 3 N–H and O–H groups in total. The fraction of sp³-hybridized carbons (Fsp3) is 0.890. The molecule has 17 nitrogen and oxygen atoms in total. The third-order valence-electron chi connectivity index (χ3n) is 16.4. The maximum Gasteiger partial charge on any atom is 0.472 e. The van der Waals surface area contributed by atoms with Crippen LogP contribution in [-0.2, 0) is 65.4 Å². The number of phosphoric acid groups is 2. The van der Waals surface area contributed by atoms with Crippen LogP contribution in [0.3, 0.4) is 0 Å². The molecule has 0 heterocycles. The first-order valence-electron chi connectivity index (χ1n) is 37.6. The highest BCUT2D eigenvalue weighted by atomic mass is 31.2. The lowest BCUT2D eigenvalue weighted by Crippen LogP contribution is -2.30. The topological polar surface area (TPSA) is 237 Å². The van der Waals surface area contributed by atoms with E-state index >= 15 is 0 Å². The van der Waals surface area contributed by atoms with Gasteiger partial charge in [0.25, 0.3) is 0 Å². The second-order valence-corrected chi connectivity index (χ2v) is 28.5. The fourth-order valence-corrected chi connectivity index (χ4v) is 12.2. The standard InChI is InChI=1S/C73H138O17P2/c1-5-9-13-17-21-25-29-31-33-35-39-41-45-49-53-57-70(75)83-63-68(89-72(77)59-55-51-47-43-37-27-23-19-15-11-7-3)65-87-91(79,80)85-61-67(74)62-86-92(81,82)88-66-69(90-73(78)60-56-52-48-44-38-28-24-20-16-12-8-4)64-84-71(76)58-54-50-46-42-40-36-34-32-30-26-22-18-14-10-6-2/h31-34,67-69,74H,5-30,35-66H2,1-4H3,(H,79,80)(H,81,82)/b33-31-,34-32-. The molecule has 0 aromatic heterocycles. The predicted molar refractivity (Wildman–Crippen MR) is 372 cm³/mol. The molecule has 4 unspecified atom stereocenters. The molecule has 0 amide bonds. The predicted octanol–water partition coefficient (Wildman–Crippen LogP) is 21.0. The van der Waals surface area contributed by atoms with Gasteiger partial charge >= 0.3 is 39.5 Å². The lowest BCUT2D eigenvalue weighted by Gasteiger charge is -2.21. The molecular formula is C73H138O17P2. The first-order valence-corrected chi connectivity index (χ1v) is 40.6. The van der Waals surface area contributed by atoms with E-state index < -0.39 is 97.5 Å². The van der Waals surface area contributed by atoms with Gasteiger partial charge in [-0.05, 0) is 77.0 Å². The molecular weight excluding hydrogens is 1210 g/mol. The second-order valence-electron chi connectivity index (χ2n) is 25.6. The Hall–Kier alpha value is -2.46. The van der Waals surface area contributed by atoms with E-state index in [1.54, 1.807) is 0 Å². The molecule has 0 fully saturated rings. The summed E-state index contributed by atoms with van der Waals surface area (Å²) < 4.78 is 68.3. The monoisotopic (exact) mass is 1350 g/mol. The van der Waals surface area contributed by atoms with E-state index in [-0.39, 0.29) is 25.7 Å². The molecule has 542 valence electrons. The number of phosphoric ester groups is 2. The van der Waals surface area contributed by atoms with E-state index in [1.165, 1.54) is 154 Å². The Kier molecular flexibility index (Phi) is 65.3. The van der Waals surface area contributed by atoms with Crippen molar-refractivity contribution in [1.82, 2.24) is 0 Å². The fourth-order valence-electron chi connectivity index (χ4n) is 10.6. The zero-order chi connectivity index (χ0) is 67.5. The lowest BCUT2D eigenvalue weighted by molar-refractivity contribution is -0.161. The Balaban J connectivity index is 5.25. The highest BCUT2D eigenvalue weighted by molar-refractivity contribution is 7.47. The average molecular weight is 1350 g/mol. The quantitative estimate of drug-likeness (QED) is 0.0169. The largest absolute Gasteiger partial charge is 0.472 e. The summed E-state index contributed by atoms with van der Waals surface area (Å²) in [5, 5.41) is 10.6. The average Bonchev–Trinajstić information content (AvgIpc) is 2.55. The summed E-state index contributed by atoms with van der Waals surface area (Å²) in [6, 6.07) is 0. The van der Waals surface area contributed by atoms with E-state index in [0.717, 1.165) is 128 Å². The molecule has 0 spiro atoms. The van der Waals surface area contributed by atoms with E-state index in [1.807, 2.05) is 0 Å². The van der Waals surface area contributed by atoms with Crippen LogP contribution in [0.4, 0.5) is 0 Å². The number of carbonyl (C=O) groups is 4. The summed E-state index contributed by atoms with van der Waals surface area (Å²) in [6.07, 6.45) is 58.9. The SMILES string of the molecule is CCCCCCCC/C=C\CCCCCCCC(=O)OCC(COP(=O)(O)OCC(O)COP(=O)(O)OCC(COC(=O)CCCCCCC/C=C\CCCCCCCC)OC(=O)CCCCCCCCCCCCC)OC(=O)CCCCCCCCCCCCC. The van der Waals surface area contributed by atoms with Gasteiger partial charge < -0.3 is 33.8 Å². The lowest BCUT2D eigenvalue weighted by atomic mass is 10.1. The number of esters is 4. The number of aliphatic hydroxyl groups is 1. The Morgan fingerprint density at radius 2 is 0.500 bits per heavy atom. The van der Waals surface area contributed by atoms with Crippen LogP contribution < -0.4 is 0 Å². The molecule has 0 aliphatic heterocycles. The number of hydrogen-bond acceptors (Lipinski definition) is 15. The van der Waals surface area contributed by atoms with Crippen molar-refractivity contribution in [3.63, 3.8) is 0 Å². The van der Waals surface area contributed by atoms with Crippen LogP contribution in [0.25, 0.3) is 0 Å². The van der Waals surface area contributed by atoms with Crippen LogP contribution in [0.1, 0.15) is 362 Å². The zero-order valence-corrected chi connectivity index (χ0v) is 60.8. The summed E-state index contributed by atoms with van der Waals surface area (Å²) in [4.78, 5) is 72.6. The van der Waals surface area contributed by atoms with Crippen LogP contribution in [-0.4, -0.2) is 96.7 Å². The van der Waals surface area contributed by atoms with Gasteiger partial charge in [0.2, 0.25) is 0 Å². The zero-order valence-electron chi connectivity index (χ0n) is 59.0. The summed E-state index contributed by atoms with van der Waals surface area (Å²) in [5.74, 6) is -2.15. The molecule has 0 rings (SSSR count). The summed E-state index contributed by atoms with van der Waals surface area (Å²) in [5.41, 5.74) is 0. The number of ether oxygens (including phenoxy) is 4. The molecule has 19 heteroatoms. The molecule has 0 aromatic rings. The van der Waals surface area contributed by atoms with Gasteiger partial charge in [-0.1, -0.05) is 283 Å². The van der Waals surface area contributed by atoms with Crippen molar-refractivity contribution in [1.29, 1.82) is 0 Å². The Bertz CT molecular complexity index is 1720. The summed E-state index contributed by atoms with van der Waals surface area (Å²) in [7, 11) is -9.91. The normalized spacial score (nSPS) is 14.1. The molecule has 0 saturated heterocycles. The van der Waals surface area contributed by atoms with Gasteiger partial charge in [-0.15, -0.1) is 0 Å². The molecule has 0 aromatic carbocycles. The van der Waals surface area contributed by atoms with Gasteiger partial charge in [0, 0.05) is 25.7 Å². The number of rotatable bonds is 72. The molecule has 0 saturated carbocycles. The van der Waals surface area contributed by atoms with Gasteiger partial charge in [-0.25, -0.2) is 9.13 Å².